The summed E-state index contributed by atoms with van der Waals surface area (Å²) >= 11 is 0. The fraction of sp³-hybridized carbons (Fsp3) is 0.462. The van der Waals surface area contributed by atoms with E-state index in [2.05, 4.69) is 44.7 Å². The normalized spacial score (nSPS) is 15.8. The number of carbonyl (C=O) groups is 2. The summed E-state index contributed by atoms with van der Waals surface area (Å²) in [5.74, 6) is -0.0127. The van der Waals surface area contributed by atoms with Gasteiger partial charge in [-0.15, -0.1) is 0 Å². The average molecular weight is 453 g/mol. The zero-order valence-corrected chi connectivity index (χ0v) is 19.9. The molecule has 1 aliphatic heterocycles. The number of piperazine rings is 1. The summed E-state index contributed by atoms with van der Waals surface area (Å²) in [6.07, 6.45) is 0. The van der Waals surface area contributed by atoms with Crippen molar-refractivity contribution < 1.29 is 14.3 Å². The molecule has 1 unspecified atom stereocenters. The van der Waals surface area contributed by atoms with Gasteiger partial charge in [0.25, 0.3) is 5.91 Å². The zero-order valence-electron chi connectivity index (χ0n) is 19.9. The lowest BCUT2D eigenvalue weighted by Crippen LogP contribution is -2.52. The van der Waals surface area contributed by atoms with Crippen molar-refractivity contribution in [2.75, 3.05) is 46.4 Å². The first-order valence-corrected chi connectivity index (χ1v) is 11.7. The minimum atomic E-state index is -0.606. The van der Waals surface area contributed by atoms with Crippen LogP contribution in [0.25, 0.3) is 0 Å². The maximum atomic E-state index is 12.8. The predicted molar refractivity (Wildman–Crippen MR) is 130 cm³/mol. The monoisotopic (exact) mass is 452 g/mol. The molecule has 2 amide bonds. The van der Waals surface area contributed by atoms with Crippen molar-refractivity contribution in [1.82, 2.24) is 20.4 Å². The van der Waals surface area contributed by atoms with Crippen LogP contribution in [-0.2, 0) is 11.3 Å². The van der Waals surface area contributed by atoms with Crippen LogP contribution in [0.2, 0.25) is 0 Å². The van der Waals surface area contributed by atoms with Crippen LogP contribution >= 0.6 is 0 Å². The number of rotatable bonds is 10. The fourth-order valence-electron chi connectivity index (χ4n) is 4.05. The van der Waals surface area contributed by atoms with Crippen LogP contribution in [-0.4, -0.2) is 74.0 Å². The Morgan fingerprint density at radius 2 is 1.58 bits per heavy atom. The lowest BCUT2D eigenvalue weighted by molar-refractivity contribution is -0.124. The van der Waals surface area contributed by atoms with Gasteiger partial charge in [0, 0.05) is 45.8 Å². The van der Waals surface area contributed by atoms with Crippen LogP contribution in [0.3, 0.4) is 0 Å². The van der Waals surface area contributed by atoms with Crippen molar-refractivity contribution >= 4 is 11.8 Å². The van der Waals surface area contributed by atoms with Gasteiger partial charge in [0.05, 0.1) is 12.7 Å². The molecule has 1 fully saturated rings. The molecule has 178 valence electrons. The standard InChI is InChI=1S/C26H36N4O3/c1-20(2)24(28-25(31)22-11-7-8-12-23(22)33-3)26(32)27-13-14-29-15-17-30(18-16-29)19-21-9-5-4-6-10-21/h4-12,20,24H,13-19H2,1-3H3,(H,27,32)(H,28,31). The highest BCUT2D eigenvalue weighted by molar-refractivity contribution is 5.99. The SMILES string of the molecule is COc1ccccc1C(=O)NC(C(=O)NCCN1CCN(Cc2ccccc2)CC1)C(C)C. The van der Waals surface area contributed by atoms with Gasteiger partial charge in [0.2, 0.25) is 5.91 Å². The lowest BCUT2D eigenvalue weighted by atomic mass is 10.0. The van der Waals surface area contributed by atoms with E-state index in [-0.39, 0.29) is 17.7 Å². The Hall–Kier alpha value is -2.90. The van der Waals surface area contributed by atoms with Crippen molar-refractivity contribution in [1.29, 1.82) is 0 Å². The van der Waals surface area contributed by atoms with Gasteiger partial charge in [-0.2, -0.15) is 0 Å². The largest absolute Gasteiger partial charge is 0.496 e. The quantitative estimate of drug-likeness (QED) is 0.579. The molecular formula is C26H36N4O3. The third-order valence-corrected chi connectivity index (χ3v) is 6.03. The second-order valence-electron chi connectivity index (χ2n) is 8.79. The van der Waals surface area contributed by atoms with E-state index in [4.69, 9.17) is 4.74 Å². The van der Waals surface area contributed by atoms with Crippen LogP contribution in [0.4, 0.5) is 0 Å². The molecular weight excluding hydrogens is 416 g/mol. The molecule has 0 bridgehead atoms. The molecule has 2 aromatic carbocycles. The Morgan fingerprint density at radius 3 is 2.24 bits per heavy atom. The van der Waals surface area contributed by atoms with E-state index in [0.717, 1.165) is 39.3 Å². The summed E-state index contributed by atoms with van der Waals surface area (Å²) in [6.45, 7) is 10.2. The summed E-state index contributed by atoms with van der Waals surface area (Å²) in [6, 6.07) is 17.0. The highest BCUT2D eigenvalue weighted by Gasteiger charge is 2.26. The Morgan fingerprint density at radius 1 is 0.939 bits per heavy atom. The zero-order chi connectivity index (χ0) is 23.6. The number of hydrogen-bond donors (Lipinski definition) is 2. The van der Waals surface area contributed by atoms with Crippen molar-refractivity contribution in [2.45, 2.75) is 26.4 Å². The molecule has 1 aliphatic rings. The number of ether oxygens (including phenoxy) is 1. The van der Waals surface area contributed by atoms with E-state index in [1.165, 1.54) is 12.7 Å². The van der Waals surface area contributed by atoms with E-state index in [1.54, 1.807) is 18.2 Å². The van der Waals surface area contributed by atoms with Crippen molar-refractivity contribution in [3.05, 3.63) is 65.7 Å². The number of methoxy groups -OCH3 is 1. The van der Waals surface area contributed by atoms with Gasteiger partial charge in [-0.05, 0) is 23.6 Å². The fourth-order valence-corrected chi connectivity index (χ4v) is 4.05. The van der Waals surface area contributed by atoms with E-state index >= 15 is 0 Å². The molecule has 2 aromatic rings. The number of hydrogen-bond acceptors (Lipinski definition) is 5. The molecule has 0 saturated carbocycles. The summed E-state index contributed by atoms with van der Waals surface area (Å²) in [7, 11) is 1.53. The van der Waals surface area contributed by atoms with E-state index in [1.807, 2.05) is 26.0 Å². The minimum Gasteiger partial charge on any atom is -0.496 e. The Labute approximate surface area is 197 Å². The van der Waals surface area contributed by atoms with E-state index < -0.39 is 6.04 Å². The second kappa shape index (κ2) is 12.4. The third-order valence-electron chi connectivity index (χ3n) is 6.03. The van der Waals surface area contributed by atoms with Crippen LogP contribution in [0.1, 0.15) is 29.8 Å². The number of benzene rings is 2. The van der Waals surface area contributed by atoms with Gasteiger partial charge in [-0.1, -0.05) is 56.3 Å². The Bertz CT molecular complexity index is 895. The molecule has 7 heteroatoms. The second-order valence-corrected chi connectivity index (χ2v) is 8.79. The molecule has 0 aliphatic carbocycles. The van der Waals surface area contributed by atoms with Gasteiger partial charge in [0.15, 0.2) is 0 Å². The smallest absolute Gasteiger partial charge is 0.255 e. The molecule has 1 saturated heterocycles. The highest BCUT2D eigenvalue weighted by atomic mass is 16.5. The summed E-state index contributed by atoms with van der Waals surface area (Å²) in [5, 5.41) is 5.88. The summed E-state index contributed by atoms with van der Waals surface area (Å²) in [4.78, 5) is 30.4. The maximum absolute atomic E-state index is 12.8. The van der Waals surface area contributed by atoms with Gasteiger partial charge < -0.3 is 15.4 Å². The van der Waals surface area contributed by atoms with Crippen molar-refractivity contribution in [3.8, 4) is 5.75 Å². The average Bonchev–Trinajstić information content (AvgIpc) is 2.83. The molecule has 7 nitrogen and oxygen atoms in total. The first-order chi connectivity index (χ1) is 16.0. The number of nitrogens with zero attached hydrogens (tertiary/aromatic N) is 2. The first-order valence-electron chi connectivity index (χ1n) is 11.7. The predicted octanol–water partition coefficient (Wildman–Crippen LogP) is 2.38. The minimum absolute atomic E-state index is 0.0369. The molecule has 1 atom stereocenters. The van der Waals surface area contributed by atoms with Crippen LogP contribution < -0.4 is 15.4 Å². The van der Waals surface area contributed by atoms with Gasteiger partial charge in [-0.25, -0.2) is 0 Å². The number of nitrogens with one attached hydrogen (secondary N) is 2. The molecule has 1 heterocycles. The molecule has 3 rings (SSSR count). The van der Waals surface area contributed by atoms with Crippen molar-refractivity contribution in [2.24, 2.45) is 5.92 Å². The lowest BCUT2D eigenvalue weighted by Gasteiger charge is -2.34. The number of amides is 2. The molecule has 0 aromatic heterocycles. The molecule has 0 radical (unpaired) electrons. The summed E-state index contributed by atoms with van der Waals surface area (Å²) in [5.41, 5.74) is 1.76. The molecule has 0 spiro atoms. The molecule has 2 N–H and O–H groups in total. The number of para-hydroxylation sites is 1. The number of carbonyl (C=O) groups excluding carboxylic acids is 2. The Kier molecular flexibility index (Phi) is 9.27. The topological polar surface area (TPSA) is 73.9 Å². The maximum Gasteiger partial charge on any atom is 0.255 e. The van der Waals surface area contributed by atoms with E-state index in [0.29, 0.717) is 17.9 Å². The van der Waals surface area contributed by atoms with Crippen LogP contribution in [0.15, 0.2) is 54.6 Å². The van der Waals surface area contributed by atoms with Crippen LogP contribution in [0, 0.1) is 5.92 Å². The van der Waals surface area contributed by atoms with Gasteiger partial charge in [-0.3, -0.25) is 19.4 Å². The van der Waals surface area contributed by atoms with Crippen LogP contribution in [0.5, 0.6) is 5.75 Å². The van der Waals surface area contributed by atoms with Gasteiger partial charge >= 0.3 is 0 Å². The molecule has 33 heavy (non-hydrogen) atoms. The van der Waals surface area contributed by atoms with E-state index in [9.17, 15) is 9.59 Å². The first kappa shape index (κ1) is 24.7. The van der Waals surface area contributed by atoms with Crippen molar-refractivity contribution in [3.63, 3.8) is 0 Å². The van der Waals surface area contributed by atoms with Gasteiger partial charge in [0.1, 0.15) is 11.8 Å². The Balaban J connectivity index is 1.42. The highest BCUT2D eigenvalue weighted by Crippen LogP contribution is 2.17. The summed E-state index contributed by atoms with van der Waals surface area (Å²) < 4.78 is 5.27. The third kappa shape index (κ3) is 7.30.